The quantitative estimate of drug-likeness (QED) is 0.451. The largest absolute Gasteiger partial charge is 0.379 e. The second-order valence-electron chi connectivity index (χ2n) is 7.62. The summed E-state index contributed by atoms with van der Waals surface area (Å²) < 4.78 is 0. The van der Waals surface area contributed by atoms with Gasteiger partial charge >= 0.3 is 0 Å². The maximum Gasteiger partial charge on any atom is 0.224 e. The van der Waals surface area contributed by atoms with Crippen LogP contribution >= 0.6 is 0 Å². The maximum absolute atomic E-state index is 12.3. The van der Waals surface area contributed by atoms with E-state index in [9.17, 15) is 9.59 Å². The van der Waals surface area contributed by atoms with Gasteiger partial charge in [-0.25, -0.2) is 0 Å². The summed E-state index contributed by atoms with van der Waals surface area (Å²) in [5.74, 6) is -0.173. The normalized spacial score (nSPS) is 11.6. The third kappa shape index (κ3) is 5.80. The zero-order chi connectivity index (χ0) is 21.5. The van der Waals surface area contributed by atoms with Crippen molar-refractivity contribution >= 4 is 23.1 Å². The Morgan fingerprint density at radius 3 is 2.13 bits per heavy atom. The fourth-order valence-corrected chi connectivity index (χ4v) is 3.23. The zero-order valence-corrected chi connectivity index (χ0v) is 17.7. The Labute approximate surface area is 178 Å². The molecule has 0 saturated heterocycles. The van der Waals surface area contributed by atoms with Gasteiger partial charge in [0.05, 0.1) is 0 Å². The van der Waals surface area contributed by atoms with Crippen LogP contribution in [0.15, 0.2) is 72.8 Å². The molecule has 0 aromatic heterocycles. The van der Waals surface area contributed by atoms with Gasteiger partial charge in [-0.05, 0) is 67.8 Å². The van der Waals surface area contributed by atoms with Gasteiger partial charge < -0.3 is 10.6 Å². The lowest BCUT2D eigenvalue weighted by molar-refractivity contribution is -0.116. The molecule has 0 aliphatic rings. The Morgan fingerprint density at radius 2 is 1.47 bits per heavy atom. The number of anilines is 2. The van der Waals surface area contributed by atoms with Crippen molar-refractivity contribution in [2.75, 3.05) is 10.6 Å². The molecule has 1 amide bonds. The summed E-state index contributed by atoms with van der Waals surface area (Å²) >= 11 is 0. The van der Waals surface area contributed by atoms with E-state index in [0.29, 0.717) is 5.56 Å². The number of amides is 1. The topological polar surface area (TPSA) is 58.2 Å². The lowest BCUT2D eigenvalue weighted by atomic mass is 10.0. The summed E-state index contributed by atoms with van der Waals surface area (Å²) in [5, 5.41) is 6.31. The van der Waals surface area contributed by atoms with E-state index in [4.69, 9.17) is 0 Å². The molecule has 0 unspecified atom stereocenters. The van der Waals surface area contributed by atoms with Gasteiger partial charge in [0.2, 0.25) is 5.91 Å². The van der Waals surface area contributed by atoms with Crippen LogP contribution in [0.3, 0.4) is 0 Å². The Kier molecular flexibility index (Phi) is 7.02. The second kappa shape index (κ2) is 9.88. The number of benzene rings is 3. The fraction of sp³-hybridized carbons (Fsp3) is 0.231. The van der Waals surface area contributed by atoms with Crippen molar-refractivity contribution < 1.29 is 9.59 Å². The number of hydrogen-bond acceptors (Lipinski definition) is 3. The number of Topliss-reactive ketones (excluding diaryl/α,β-unsaturated/α-hetero) is 1. The lowest BCUT2D eigenvalue weighted by Gasteiger charge is -2.16. The molecule has 3 rings (SSSR count). The Bertz CT molecular complexity index is 1010. The van der Waals surface area contributed by atoms with Crippen LogP contribution in [0.5, 0.6) is 0 Å². The van der Waals surface area contributed by atoms with E-state index >= 15 is 0 Å². The molecule has 4 nitrogen and oxygen atoms in total. The molecule has 30 heavy (non-hydrogen) atoms. The van der Waals surface area contributed by atoms with Crippen molar-refractivity contribution in [3.63, 3.8) is 0 Å². The monoisotopic (exact) mass is 400 g/mol. The molecule has 0 fully saturated rings. The first kappa shape index (κ1) is 21.3. The summed E-state index contributed by atoms with van der Waals surface area (Å²) in [7, 11) is 0. The van der Waals surface area contributed by atoms with E-state index in [1.807, 2.05) is 74.5 Å². The minimum Gasteiger partial charge on any atom is -0.379 e. The predicted molar refractivity (Wildman–Crippen MR) is 123 cm³/mol. The van der Waals surface area contributed by atoms with Crippen LogP contribution in [-0.2, 0) is 4.79 Å². The average Bonchev–Trinajstić information content (AvgIpc) is 2.76. The van der Waals surface area contributed by atoms with Gasteiger partial charge in [0, 0.05) is 35.8 Å². The average molecular weight is 401 g/mol. The van der Waals surface area contributed by atoms with Gasteiger partial charge in [-0.3, -0.25) is 9.59 Å². The summed E-state index contributed by atoms with van der Waals surface area (Å²) in [5.41, 5.74) is 5.81. The van der Waals surface area contributed by atoms with Gasteiger partial charge in [0.25, 0.3) is 0 Å². The van der Waals surface area contributed by atoms with Crippen LogP contribution in [0.2, 0.25) is 0 Å². The highest BCUT2D eigenvalue weighted by Crippen LogP contribution is 2.21. The number of rotatable bonds is 8. The first-order valence-corrected chi connectivity index (χ1v) is 10.2. The molecule has 154 valence electrons. The van der Waals surface area contributed by atoms with Crippen LogP contribution in [-0.4, -0.2) is 11.7 Å². The highest BCUT2D eigenvalue weighted by Gasteiger charge is 2.11. The molecular formula is C26H28N2O2. The summed E-state index contributed by atoms with van der Waals surface area (Å²) in [6, 6.07) is 23.7. The Hall–Kier alpha value is -3.40. The lowest BCUT2D eigenvalue weighted by Crippen LogP contribution is -2.13. The van der Waals surface area contributed by atoms with E-state index in [1.165, 1.54) is 5.56 Å². The smallest absolute Gasteiger partial charge is 0.224 e. The van der Waals surface area contributed by atoms with E-state index in [1.54, 1.807) is 0 Å². The van der Waals surface area contributed by atoms with Gasteiger partial charge in [-0.15, -0.1) is 0 Å². The van der Waals surface area contributed by atoms with Crippen LogP contribution in [0.4, 0.5) is 11.4 Å². The van der Waals surface area contributed by atoms with Crippen molar-refractivity contribution in [2.24, 2.45) is 0 Å². The molecular weight excluding hydrogens is 372 g/mol. The third-order valence-electron chi connectivity index (χ3n) is 5.26. The van der Waals surface area contributed by atoms with Gasteiger partial charge in [-0.2, -0.15) is 0 Å². The van der Waals surface area contributed by atoms with Gasteiger partial charge in [0.15, 0.2) is 5.78 Å². The Balaban J connectivity index is 1.49. The van der Waals surface area contributed by atoms with Crippen LogP contribution in [0, 0.1) is 13.8 Å². The second-order valence-corrected chi connectivity index (χ2v) is 7.62. The number of ketones is 1. The predicted octanol–water partition coefficient (Wildman–Crippen LogP) is 6.08. The highest BCUT2D eigenvalue weighted by atomic mass is 16.2. The third-order valence-corrected chi connectivity index (χ3v) is 5.26. The SMILES string of the molecule is Cc1ccc(C(=O)CCC(=O)Nc2ccc(N[C@@H](C)c3ccccc3)cc2)cc1C. The molecule has 3 aromatic rings. The minimum atomic E-state index is -0.162. The summed E-state index contributed by atoms with van der Waals surface area (Å²) in [4.78, 5) is 24.6. The van der Waals surface area contributed by atoms with E-state index < -0.39 is 0 Å². The summed E-state index contributed by atoms with van der Waals surface area (Å²) in [6.07, 6.45) is 0.360. The maximum atomic E-state index is 12.3. The first-order valence-electron chi connectivity index (χ1n) is 10.2. The fourth-order valence-electron chi connectivity index (χ4n) is 3.23. The number of carbonyl (C=O) groups excluding carboxylic acids is 2. The zero-order valence-electron chi connectivity index (χ0n) is 17.7. The van der Waals surface area contributed by atoms with Crippen molar-refractivity contribution in [1.82, 2.24) is 0 Å². The molecule has 0 radical (unpaired) electrons. The highest BCUT2D eigenvalue weighted by molar-refractivity contribution is 6.00. The van der Waals surface area contributed by atoms with E-state index in [0.717, 1.165) is 22.5 Å². The molecule has 2 N–H and O–H groups in total. The Morgan fingerprint density at radius 1 is 0.800 bits per heavy atom. The number of nitrogens with one attached hydrogen (secondary N) is 2. The van der Waals surface area contributed by atoms with Gasteiger partial charge in [0.1, 0.15) is 0 Å². The van der Waals surface area contributed by atoms with Crippen LogP contribution < -0.4 is 10.6 Å². The molecule has 3 aromatic carbocycles. The molecule has 0 aliphatic carbocycles. The van der Waals surface area contributed by atoms with E-state index in [-0.39, 0.29) is 30.6 Å². The number of hydrogen-bond donors (Lipinski definition) is 2. The van der Waals surface area contributed by atoms with Crippen molar-refractivity contribution in [3.8, 4) is 0 Å². The molecule has 0 aliphatic heterocycles. The van der Waals surface area contributed by atoms with Gasteiger partial charge in [-0.1, -0.05) is 42.5 Å². The molecule has 1 atom stereocenters. The van der Waals surface area contributed by atoms with E-state index in [2.05, 4.69) is 29.7 Å². The van der Waals surface area contributed by atoms with Crippen LogP contribution in [0.25, 0.3) is 0 Å². The van der Waals surface area contributed by atoms with Crippen molar-refractivity contribution in [1.29, 1.82) is 0 Å². The summed E-state index contributed by atoms with van der Waals surface area (Å²) in [6.45, 7) is 6.11. The minimum absolute atomic E-state index is 0.0114. The number of aryl methyl sites for hydroxylation is 2. The van der Waals surface area contributed by atoms with Crippen molar-refractivity contribution in [3.05, 3.63) is 95.1 Å². The van der Waals surface area contributed by atoms with Crippen LogP contribution in [0.1, 0.15) is 52.9 Å². The molecule has 0 heterocycles. The number of carbonyl (C=O) groups is 2. The molecule has 0 spiro atoms. The standard InChI is InChI=1S/C26H28N2O2/c1-18-9-10-22(17-19(18)2)25(29)15-16-26(30)28-24-13-11-23(12-14-24)27-20(3)21-7-5-4-6-8-21/h4-14,17,20,27H,15-16H2,1-3H3,(H,28,30)/t20-/m0/s1. The molecule has 4 heteroatoms. The first-order chi connectivity index (χ1) is 14.4. The molecule has 0 bridgehead atoms. The van der Waals surface area contributed by atoms with Crippen molar-refractivity contribution in [2.45, 2.75) is 39.7 Å². The molecule has 0 saturated carbocycles.